The number of aliphatic hydroxyl groups excluding tert-OH is 1. The number of primary amides is 1. The zero-order valence-electron chi connectivity index (χ0n) is 8.93. The van der Waals surface area contributed by atoms with E-state index in [2.05, 4.69) is 9.68 Å². The second-order valence-corrected chi connectivity index (χ2v) is 3.55. The molecule has 1 unspecified atom stereocenters. The largest absolute Gasteiger partial charge is 0.383 e. The van der Waals surface area contributed by atoms with Gasteiger partial charge < -0.3 is 15.4 Å². The zero-order valence-corrected chi connectivity index (χ0v) is 8.93. The van der Waals surface area contributed by atoms with Gasteiger partial charge in [0.1, 0.15) is 24.0 Å². The van der Waals surface area contributed by atoms with E-state index in [0.717, 1.165) is 24.5 Å². The second kappa shape index (κ2) is 4.53. The lowest BCUT2D eigenvalue weighted by Gasteiger charge is -2.10. The Kier molecular flexibility index (Phi) is 3.07. The van der Waals surface area contributed by atoms with E-state index in [-0.39, 0.29) is 16.8 Å². The highest BCUT2D eigenvalue weighted by molar-refractivity contribution is 5.92. The number of carbonyl (C=O) groups is 1. The Hall–Kier alpha value is -2.28. The number of halogens is 2. The van der Waals surface area contributed by atoms with E-state index in [1.54, 1.807) is 0 Å². The smallest absolute Gasteiger partial charge is 0.271 e. The third-order valence-corrected chi connectivity index (χ3v) is 2.38. The van der Waals surface area contributed by atoms with Gasteiger partial charge in [-0.3, -0.25) is 4.79 Å². The first kappa shape index (κ1) is 12.2. The van der Waals surface area contributed by atoms with Crippen LogP contribution in [0, 0.1) is 11.6 Å². The van der Waals surface area contributed by atoms with Gasteiger partial charge in [-0.05, 0) is 18.2 Å². The molecule has 5 nitrogen and oxygen atoms in total. The van der Waals surface area contributed by atoms with Crippen molar-refractivity contribution in [1.82, 2.24) is 5.16 Å². The van der Waals surface area contributed by atoms with Gasteiger partial charge >= 0.3 is 0 Å². The van der Waals surface area contributed by atoms with E-state index in [0.29, 0.717) is 0 Å². The first-order chi connectivity index (χ1) is 8.50. The van der Waals surface area contributed by atoms with Crippen molar-refractivity contribution in [2.75, 3.05) is 0 Å². The van der Waals surface area contributed by atoms with Gasteiger partial charge in [0.05, 0.1) is 5.56 Å². The molecule has 0 saturated carbocycles. The summed E-state index contributed by atoms with van der Waals surface area (Å²) in [5, 5.41) is 13.2. The van der Waals surface area contributed by atoms with Crippen molar-refractivity contribution < 1.29 is 23.2 Å². The van der Waals surface area contributed by atoms with Gasteiger partial charge in [0.25, 0.3) is 5.91 Å². The molecule has 0 radical (unpaired) electrons. The van der Waals surface area contributed by atoms with E-state index in [4.69, 9.17) is 5.73 Å². The molecule has 18 heavy (non-hydrogen) atoms. The number of aromatic nitrogens is 1. The molecule has 1 aromatic carbocycles. The van der Waals surface area contributed by atoms with Crippen LogP contribution in [-0.2, 0) is 0 Å². The third kappa shape index (κ3) is 2.07. The highest BCUT2D eigenvalue weighted by Gasteiger charge is 2.24. The summed E-state index contributed by atoms with van der Waals surface area (Å²) in [6.07, 6.45) is -0.635. The predicted octanol–water partition coefficient (Wildman–Crippen LogP) is 1.13. The topological polar surface area (TPSA) is 89.4 Å². The molecular weight excluding hydrogens is 246 g/mol. The highest BCUT2D eigenvalue weighted by Crippen LogP contribution is 2.27. The van der Waals surface area contributed by atoms with Crippen molar-refractivity contribution in [2.24, 2.45) is 5.73 Å². The molecule has 0 saturated heterocycles. The summed E-state index contributed by atoms with van der Waals surface area (Å²) in [6, 6.07) is 2.59. The summed E-state index contributed by atoms with van der Waals surface area (Å²) in [4.78, 5) is 11.0. The Labute approximate surface area is 99.8 Å². The molecule has 0 spiro atoms. The molecule has 1 atom stereocenters. The maximum absolute atomic E-state index is 13.5. The van der Waals surface area contributed by atoms with E-state index >= 15 is 0 Å². The predicted molar refractivity (Wildman–Crippen MR) is 55.4 cm³/mol. The number of carbonyl (C=O) groups excluding carboxylic acids is 1. The number of nitrogens with two attached hydrogens (primary N) is 1. The van der Waals surface area contributed by atoms with Crippen molar-refractivity contribution >= 4 is 5.91 Å². The van der Waals surface area contributed by atoms with E-state index in [1.807, 2.05) is 0 Å². The highest BCUT2D eigenvalue weighted by atomic mass is 19.1. The minimum atomic E-state index is -1.59. The number of nitrogens with zero attached hydrogens (tertiary/aromatic N) is 1. The first-order valence-electron chi connectivity index (χ1n) is 4.87. The Balaban J connectivity index is 2.47. The summed E-state index contributed by atoms with van der Waals surface area (Å²) >= 11 is 0. The SMILES string of the molecule is NC(=O)c1nocc1C(O)c1cc(F)ccc1F. The number of rotatable bonds is 3. The standard InChI is InChI=1S/C11H8F2N2O3/c12-5-1-2-8(13)6(3-5)10(16)7-4-18-15-9(7)11(14)17/h1-4,10,16H,(H2,14,17). The summed E-state index contributed by atoms with van der Waals surface area (Å²) in [7, 11) is 0. The van der Waals surface area contributed by atoms with Gasteiger partial charge in [0.2, 0.25) is 0 Å². The second-order valence-electron chi connectivity index (χ2n) is 3.55. The Bertz CT molecular complexity index is 598. The Morgan fingerprint density at radius 3 is 2.78 bits per heavy atom. The lowest BCUT2D eigenvalue weighted by Crippen LogP contribution is -2.16. The number of aliphatic hydroxyl groups is 1. The van der Waals surface area contributed by atoms with Crippen molar-refractivity contribution in [3.63, 3.8) is 0 Å². The van der Waals surface area contributed by atoms with Crippen LogP contribution in [0.3, 0.4) is 0 Å². The summed E-state index contributed by atoms with van der Waals surface area (Å²) in [5.41, 5.74) is 4.22. The molecule has 3 N–H and O–H groups in total. The van der Waals surface area contributed by atoms with Crippen LogP contribution in [-0.4, -0.2) is 16.2 Å². The fourth-order valence-corrected chi connectivity index (χ4v) is 1.52. The maximum Gasteiger partial charge on any atom is 0.271 e. The number of amides is 1. The van der Waals surface area contributed by atoms with Gasteiger partial charge in [0.15, 0.2) is 5.69 Å². The summed E-state index contributed by atoms with van der Waals surface area (Å²) in [6.45, 7) is 0. The number of hydrogen-bond donors (Lipinski definition) is 2. The molecule has 94 valence electrons. The van der Waals surface area contributed by atoms with Crippen LogP contribution in [0.2, 0.25) is 0 Å². The van der Waals surface area contributed by atoms with Crippen LogP contribution in [0.5, 0.6) is 0 Å². The fourth-order valence-electron chi connectivity index (χ4n) is 1.52. The van der Waals surface area contributed by atoms with Crippen LogP contribution in [0.4, 0.5) is 8.78 Å². The van der Waals surface area contributed by atoms with Gasteiger partial charge in [-0.1, -0.05) is 5.16 Å². The first-order valence-corrected chi connectivity index (χ1v) is 4.87. The van der Waals surface area contributed by atoms with E-state index in [1.165, 1.54) is 0 Å². The average molecular weight is 254 g/mol. The molecule has 1 amide bonds. The Morgan fingerprint density at radius 2 is 2.11 bits per heavy atom. The molecular formula is C11H8F2N2O3. The molecule has 1 heterocycles. The molecule has 0 bridgehead atoms. The number of hydrogen-bond acceptors (Lipinski definition) is 4. The summed E-state index contributed by atoms with van der Waals surface area (Å²) in [5.74, 6) is -2.47. The Morgan fingerprint density at radius 1 is 1.39 bits per heavy atom. The van der Waals surface area contributed by atoms with Gasteiger partial charge in [-0.15, -0.1) is 0 Å². The van der Waals surface area contributed by atoms with E-state index < -0.39 is 23.6 Å². The van der Waals surface area contributed by atoms with Crippen LogP contribution < -0.4 is 5.73 Å². The van der Waals surface area contributed by atoms with Crippen LogP contribution in [0.15, 0.2) is 29.0 Å². The zero-order chi connectivity index (χ0) is 13.3. The molecule has 2 aromatic rings. The van der Waals surface area contributed by atoms with Crippen molar-refractivity contribution in [1.29, 1.82) is 0 Å². The van der Waals surface area contributed by atoms with Crippen LogP contribution >= 0.6 is 0 Å². The van der Waals surface area contributed by atoms with Crippen molar-refractivity contribution in [3.05, 3.63) is 52.9 Å². The molecule has 0 fully saturated rings. The van der Waals surface area contributed by atoms with Gasteiger partial charge in [-0.2, -0.15) is 0 Å². The van der Waals surface area contributed by atoms with Gasteiger partial charge in [0, 0.05) is 5.56 Å². The van der Waals surface area contributed by atoms with Crippen LogP contribution in [0.1, 0.15) is 27.7 Å². The average Bonchev–Trinajstić information content (AvgIpc) is 2.80. The molecule has 0 aliphatic heterocycles. The van der Waals surface area contributed by atoms with E-state index in [9.17, 15) is 18.7 Å². The molecule has 0 aliphatic carbocycles. The lowest BCUT2D eigenvalue weighted by atomic mass is 10.0. The third-order valence-electron chi connectivity index (χ3n) is 2.38. The van der Waals surface area contributed by atoms with Crippen molar-refractivity contribution in [3.8, 4) is 0 Å². The minimum absolute atomic E-state index is 0.119. The van der Waals surface area contributed by atoms with Crippen molar-refractivity contribution in [2.45, 2.75) is 6.10 Å². The molecule has 7 heteroatoms. The quantitative estimate of drug-likeness (QED) is 0.859. The summed E-state index contributed by atoms with van der Waals surface area (Å²) < 4.78 is 30.9. The molecule has 1 aromatic heterocycles. The maximum atomic E-state index is 13.5. The lowest BCUT2D eigenvalue weighted by molar-refractivity contribution is 0.0987. The minimum Gasteiger partial charge on any atom is -0.383 e. The van der Waals surface area contributed by atoms with Gasteiger partial charge in [-0.25, -0.2) is 8.78 Å². The number of benzene rings is 1. The molecule has 2 rings (SSSR count). The van der Waals surface area contributed by atoms with Crippen LogP contribution in [0.25, 0.3) is 0 Å². The fraction of sp³-hybridized carbons (Fsp3) is 0.0909. The normalized spacial score (nSPS) is 12.4. The molecule has 0 aliphatic rings. The monoisotopic (exact) mass is 254 g/mol.